The summed E-state index contributed by atoms with van der Waals surface area (Å²) in [5, 5.41) is 0. The summed E-state index contributed by atoms with van der Waals surface area (Å²) in [7, 11) is 0. The highest BCUT2D eigenvalue weighted by atomic mass is 19.1. The molecule has 0 saturated heterocycles. The van der Waals surface area contributed by atoms with Crippen LogP contribution in [-0.4, -0.2) is 6.29 Å². The molecule has 0 heterocycles. The molecule has 0 radical (unpaired) electrons. The molecule has 110 valence electrons. The first-order valence-corrected chi connectivity index (χ1v) is 6.82. The van der Waals surface area contributed by atoms with E-state index in [1.54, 1.807) is 0 Å². The average Bonchev–Trinajstić information content (AvgIpc) is 2.35. The lowest BCUT2D eigenvalue weighted by Gasteiger charge is -2.31. The van der Waals surface area contributed by atoms with Crippen LogP contribution in [0.15, 0.2) is 29.8 Å². The van der Waals surface area contributed by atoms with Crippen molar-refractivity contribution in [2.75, 3.05) is 0 Å². The number of aldehydes is 1. The van der Waals surface area contributed by atoms with Gasteiger partial charge in [-0.3, -0.25) is 0 Å². The smallest absolute Gasteiger partial charge is 0.126 e. The van der Waals surface area contributed by atoms with Crippen molar-refractivity contribution in [2.45, 2.75) is 46.0 Å². The quantitative estimate of drug-likeness (QED) is 0.540. The van der Waals surface area contributed by atoms with Crippen LogP contribution in [0.25, 0.3) is 0 Å². The van der Waals surface area contributed by atoms with Crippen LogP contribution < -0.4 is 0 Å². The van der Waals surface area contributed by atoms with Crippen LogP contribution in [0.3, 0.4) is 0 Å². The predicted molar refractivity (Wildman–Crippen MR) is 77.6 cm³/mol. The Morgan fingerprint density at radius 1 is 1.25 bits per heavy atom. The highest BCUT2D eigenvalue weighted by Crippen LogP contribution is 2.35. The predicted octanol–water partition coefficient (Wildman–Crippen LogP) is 4.80. The fourth-order valence-corrected chi connectivity index (χ4v) is 2.41. The van der Waals surface area contributed by atoms with Crippen LogP contribution in [0, 0.1) is 17.6 Å². The number of rotatable bonds is 6. The topological polar surface area (TPSA) is 17.1 Å². The third-order valence-corrected chi connectivity index (χ3v) is 3.53. The molecule has 1 rings (SSSR count). The van der Waals surface area contributed by atoms with Gasteiger partial charge in [0.15, 0.2) is 0 Å². The molecule has 0 saturated carbocycles. The minimum Gasteiger partial charge on any atom is -0.303 e. The van der Waals surface area contributed by atoms with E-state index in [0.29, 0.717) is 18.4 Å². The van der Waals surface area contributed by atoms with Gasteiger partial charge in [0.25, 0.3) is 0 Å². The summed E-state index contributed by atoms with van der Waals surface area (Å²) >= 11 is 0. The maximum Gasteiger partial charge on any atom is 0.126 e. The van der Waals surface area contributed by atoms with E-state index >= 15 is 0 Å². The Hall–Kier alpha value is -1.51. The Bertz CT molecular complexity index is 483. The first-order chi connectivity index (χ1) is 9.26. The normalized spacial score (nSPS) is 15.3. The molecule has 0 spiro atoms. The monoisotopic (exact) mass is 280 g/mol. The summed E-state index contributed by atoms with van der Waals surface area (Å²) < 4.78 is 26.9. The lowest BCUT2D eigenvalue weighted by molar-refractivity contribution is -0.111. The van der Waals surface area contributed by atoms with Gasteiger partial charge in [-0.25, -0.2) is 8.78 Å². The molecule has 0 amide bonds. The van der Waals surface area contributed by atoms with Crippen LogP contribution in [0.1, 0.15) is 46.1 Å². The van der Waals surface area contributed by atoms with Gasteiger partial charge >= 0.3 is 0 Å². The molecular formula is C17H22F2O. The Balaban J connectivity index is 3.20. The van der Waals surface area contributed by atoms with Crippen molar-refractivity contribution in [3.8, 4) is 0 Å². The van der Waals surface area contributed by atoms with Crippen LogP contribution in [0.5, 0.6) is 0 Å². The van der Waals surface area contributed by atoms with Crippen molar-refractivity contribution in [1.82, 2.24) is 0 Å². The molecule has 0 bridgehead atoms. The summed E-state index contributed by atoms with van der Waals surface area (Å²) in [6, 6.07) is 3.59. The molecule has 0 aliphatic carbocycles. The van der Waals surface area contributed by atoms with Gasteiger partial charge in [0.05, 0.1) is 0 Å². The number of carbonyl (C=O) groups is 1. The summed E-state index contributed by atoms with van der Waals surface area (Å²) in [6.45, 7) is 7.73. The fraction of sp³-hybridized carbons (Fsp3) is 0.471. The molecule has 1 aromatic rings. The molecular weight excluding hydrogens is 258 g/mol. The van der Waals surface area contributed by atoms with E-state index in [1.807, 2.05) is 33.8 Å². The van der Waals surface area contributed by atoms with Crippen LogP contribution in [0.2, 0.25) is 0 Å². The minimum atomic E-state index is -0.581. The van der Waals surface area contributed by atoms with Crippen LogP contribution >= 0.6 is 0 Å². The zero-order valence-corrected chi connectivity index (χ0v) is 12.5. The maximum absolute atomic E-state index is 13.5. The lowest BCUT2D eigenvalue weighted by atomic mass is 9.73. The first kappa shape index (κ1) is 16.5. The number of halogens is 2. The summed E-state index contributed by atoms with van der Waals surface area (Å²) in [5.41, 5.74) is 1.29. The summed E-state index contributed by atoms with van der Waals surface area (Å²) in [6.07, 6.45) is 4.14. The zero-order chi connectivity index (χ0) is 15.3. The Kier molecular flexibility index (Phi) is 5.61. The van der Waals surface area contributed by atoms with Gasteiger partial charge in [-0.15, -0.1) is 0 Å². The molecule has 0 fully saturated rings. The standard InChI is InChI=1S/C17H22F2O/c1-12(2)5-6-17(4,10-13(3)11-20)14-7-15(18)9-16(19)8-14/h5,7-9,11,13H,6,10H2,1-4H3. The molecule has 0 N–H and O–H groups in total. The Labute approximate surface area is 119 Å². The second-order valence-electron chi connectivity index (χ2n) is 6.02. The molecule has 0 aliphatic rings. The van der Waals surface area contributed by atoms with E-state index < -0.39 is 17.0 Å². The van der Waals surface area contributed by atoms with Gasteiger partial charge in [0.2, 0.25) is 0 Å². The van der Waals surface area contributed by atoms with Gasteiger partial charge in [-0.05, 0) is 49.8 Å². The molecule has 20 heavy (non-hydrogen) atoms. The minimum absolute atomic E-state index is 0.156. The number of allylic oxidation sites excluding steroid dienone is 2. The van der Waals surface area contributed by atoms with Gasteiger partial charge in [-0.2, -0.15) is 0 Å². The summed E-state index contributed by atoms with van der Waals surface area (Å²) in [5.74, 6) is -1.32. The Morgan fingerprint density at radius 3 is 2.25 bits per heavy atom. The van der Waals surface area contributed by atoms with Gasteiger partial charge in [-0.1, -0.05) is 25.5 Å². The molecule has 1 aromatic carbocycles. The zero-order valence-electron chi connectivity index (χ0n) is 12.5. The van der Waals surface area contributed by atoms with Crippen molar-refractivity contribution < 1.29 is 13.6 Å². The van der Waals surface area contributed by atoms with Gasteiger partial charge in [0.1, 0.15) is 17.9 Å². The van der Waals surface area contributed by atoms with Crippen molar-refractivity contribution in [3.63, 3.8) is 0 Å². The highest BCUT2D eigenvalue weighted by Gasteiger charge is 2.28. The van der Waals surface area contributed by atoms with E-state index in [2.05, 4.69) is 0 Å². The average molecular weight is 280 g/mol. The number of hydrogen-bond donors (Lipinski definition) is 0. The van der Waals surface area contributed by atoms with Crippen LogP contribution in [0.4, 0.5) is 8.78 Å². The molecule has 1 nitrogen and oxygen atoms in total. The lowest BCUT2D eigenvalue weighted by Crippen LogP contribution is -2.25. The SMILES string of the molecule is CC(C)=CCC(C)(CC(C)C=O)c1cc(F)cc(F)c1. The van der Waals surface area contributed by atoms with E-state index in [9.17, 15) is 13.6 Å². The van der Waals surface area contributed by atoms with Crippen molar-refractivity contribution in [1.29, 1.82) is 0 Å². The van der Waals surface area contributed by atoms with Gasteiger partial charge in [0, 0.05) is 12.0 Å². The highest BCUT2D eigenvalue weighted by molar-refractivity contribution is 5.53. The Morgan fingerprint density at radius 2 is 1.80 bits per heavy atom. The van der Waals surface area contributed by atoms with E-state index in [1.165, 1.54) is 12.1 Å². The van der Waals surface area contributed by atoms with Crippen molar-refractivity contribution in [2.24, 2.45) is 5.92 Å². The second-order valence-corrected chi connectivity index (χ2v) is 6.02. The number of benzene rings is 1. The van der Waals surface area contributed by atoms with E-state index in [-0.39, 0.29) is 5.92 Å². The number of hydrogen-bond acceptors (Lipinski definition) is 1. The first-order valence-electron chi connectivity index (χ1n) is 6.82. The molecule has 3 heteroatoms. The molecule has 0 aliphatic heterocycles. The largest absolute Gasteiger partial charge is 0.303 e. The van der Waals surface area contributed by atoms with E-state index in [4.69, 9.17) is 0 Å². The van der Waals surface area contributed by atoms with Crippen molar-refractivity contribution >= 4 is 6.29 Å². The third kappa shape index (κ3) is 4.55. The molecule has 2 atom stereocenters. The van der Waals surface area contributed by atoms with Gasteiger partial charge < -0.3 is 4.79 Å². The maximum atomic E-state index is 13.5. The third-order valence-electron chi connectivity index (χ3n) is 3.53. The molecule has 2 unspecified atom stereocenters. The molecule has 0 aromatic heterocycles. The number of carbonyl (C=O) groups excluding carboxylic acids is 1. The van der Waals surface area contributed by atoms with Crippen molar-refractivity contribution in [3.05, 3.63) is 47.0 Å². The van der Waals surface area contributed by atoms with E-state index in [0.717, 1.165) is 17.9 Å². The summed E-state index contributed by atoms with van der Waals surface area (Å²) in [4.78, 5) is 10.9. The second kappa shape index (κ2) is 6.78. The van der Waals surface area contributed by atoms with Crippen LogP contribution in [-0.2, 0) is 10.2 Å². The fourth-order valence-electron chi connectivity index (χ4n) is 2.41.